The number of aromatic nitrogens is 2. The monoisotopic (exact) mass is 204 g/mol. The molecule has 0 unspecified atom stereocenters. The van der Waals surface area contributed by atoms with Gasteiger partial charge < -0.3 is 14.6 Å². The van der Waals surface area contributed by atoms with E-state index in [1.165, 1.54) is 0 Å². The average molecular weight is 204 g/mol. The van der Waals surface area contributed by atoms with E-state index in [1.54, 1.807) is 31.2 Å². The lowest BCUT2D eigenvalue weighted by atomic mass is 9.79. The van der Waals surface area contributed by atoms with E-state index in [1.807, 2.05) is 0 Å². The van der Waals surface area contributed by atoms with Gasteiger partial charge in [0.2, 0.25) is 11.7 Å². The molecule has 15 heavy (non-hydrogen) atoms. The summed E-state index contributed by atoms with van der Waals surface area (Å²) in [7, 11) is -1.49. The predicted octanol–water partition coefficient (Wildman–Crippen LogP) is -0.275. The molecule has 6 heteroatoms. The molecule has 0 saturated carbocycles. The van der Waals surface area contributed by atoms with Crippen molar-refractivity contribution in [2.75, 3.05) is 0 Å². The van der Waals surface area contributed by atoms with E-state index in [2.05, 4.69) is 10.1 Å². The molecular weight excluding hydrogens is 195 g/mol. The smallest absolute Gasteiger partial charge is 0.423 e. The van der Waals surface area contributed by atoms with Gasteiger partial charge in [0.15, 0.2) is 0 Å². The molecule has 0 spiro atoms. The SMILES string of the molecule is Cc1nc(-c2cccc(B(O)O)c2)no1. The van der Waals surface area contributed by atoms with Crippen LogP contribution in [0.25, 0.3) is 11.4 Å². The second-order valence-electron chi connectivity index (χ2n) is 3.14. The fourth-order valence-electron chi connectivity index (χ4n) is 1.25. The molecule has 0 fully saturated rings. The summed E-state index contributed by atoms with van der Waals surface area (Å²) in [6.45, 7) is 1.70. The second kappa shape index (κ2) is 3.84. The molecule has 0 aliphatic heterocycles. The first-order chi connectivity index (χ1) is 7.16. The maximum absolute atomic E-state index is 8.99. The van der Waals surface area contributed by atoms with Crippen molar-refractivity contribution in [1.82, 2.24) is 10.1 Å². The standard InChI is InChI=1S/C9H9BN2O3/c1-6-11-9(12-15-6)7-3-2-4-8(5-7)10(13)14/h2-5,13-14H,1H3. The highest BCUT2D eigenvalue weighted by atomic mass is 16.5. The van der Waals surface area contributed by atoms with Crippen molar-refractivity contribution < 1.29 is 14.6 Å². The first kappa shape index (κ1) is 9.88. The van der Waals surface area contributed by atoms with E-state index in [4.69, 9.17) is 14.6 Å². The highest BCUT2D eigenvalue weighted by Crippen LogP contribution is 2.13. The van der Waals surface area contributed by atoms with E-state index in [-0.39, 0.29) is 0 Å². The summed E-state index contributed by atoms with van der Waals surface area (Å²) in [6.07, 6.45) is 0. The Morgan fingerprint density at radius 3 is 2.73 bits per heavy atom. The van der Waals surface area contributed by atoms with Gasteiger partial charge in [0.05, 0.1) is 0 Å². The summed E-state index contributed by atoms with van der Waals surface area (Å²) in [5.74, 6) is 0.912. The molecule has 0 aliphatic carbocycles. The fraction of sp³-hybridized carbons (Fsp3) is 0.111. The average Bonchev–Trinajstić information content (AvgIpc) is 2.65. The Morgan fingerprint density at radius 1 is 1.33 bits per heavy atom. The van der Waals surface area contributed by atoms with Crippen molar-refractivity contribution in [3.05, 3.63) is 30.2 Å². The Labute approximate surface area is 86.5 Å². The third kappa shape index (κ3) is 2.06. The van der Waals surface area contributed by atoms with Crippen LogP contribution < -0.4 is 5.46 Å². The third-order valence-electron chi connectivity index (χ3n) is 1.97. The molecule has 0 aliphatic rings. The first-order valence-corrected chi connectivity index (χ1v) is 4.43. The van der Waals surface area contributed by atoms with Crippen LogP contribution in [0.1, 0.15) is 5.89 Å². The first-order valence-electron chi connectivity index (χ1n) is 4.43. The minimum atomic E-state index is -1.49. The van der Waals surface area contributed by atoms with Gasteiger partial charge in [-0.3, -0.25) is 0 Å². The Bertz CT molecular complexity index is 470. The van der Waals surface area contributed by atoms with E-state index in [9.17, 15) is 0 Å². The summed E-state index contributed by atoms with van der Waals surface area (Å²) in [5.41, 5.74) is 1.09. The molecule has 0 amide bonds. The molecular formula is C9H9BN2O3. The van der Waals surface area contributed by atoms with Crippen molar-refractivity contribution in [3.63, 3.8) is 0 Å². The number of hydrogen-bond acceptors (Lipinski definition) is 5. The van der Waals surface area contributed by atoms with Crippen LogP contribution in [0, 0.1) is 6.92 Å². The largest absolute Gasteiger partial charge is 0.488 e. The Hall–Kier alpha value is -1.66. The quantitative estimate of drug-likeness (QED) is 0.658. The maximum atomic E-state index is 8.99. The van der Waals surface area contributed by atoms with Crippen LogP contribution in [-0.4, -0.2) is 27.3 Å². The molecule has 1 heterocycles. The molecule has 5 nitrogen and oxygen atoms in total. The lowest BCUT2D eigenvalue weighted by Crippen LogP contribution is -2.29. The van der Waals surface area contributed by atoms with E-state index in [0.717, 1.165) is 0 Å². The van der Waals surface area contributed by atoms with Gasteiger partial charge in [-0.25, -0.2) is 0 Å². The van der Waals surface area contributed by atoms with Crippen LogP contribution in [0.15, 0.2) is 28.8 Å². The van der Waals surface area contributed by atoms with Gasteiger partial charge in [-0.1, -0.05) is 29.4 Å². The van der Waals surface area contributed by atoms with Crippen LogP contribution in [0.2, 0.25) is 0 Å². The molecule has 2 rings (SSSR count). The van der Waals surface area contributed by atoms with Gasteiger partial charge in [-0.05, 0) is 5.46 Å². The number of benzene rings is 1. The zero-order chi connectivity index (χ0) is 10.8. The van der Waals surface area contributed by atoms with Crippen molar-refractivity contribution in [3.8, 4) is 11.4 Å². The zero-order valence-corrected chi connectivity index (χ0v) is 8.08. The fourth-order valence-corrected chi connectivity index (χ4v) is 1.25. The topological polar surface area (TPSA) is 79.4 Å². The van der Waals surface area contributed by atoms with Crippen LogP contribution in [-0.2, 0) is 0 Å². The number of rotatable bonds is 2. The predicted molar refractivity (Wildman–Crippen MR) is 54.3 cm³/mol. The van der Waals surface area contributed by atoms with Gasteiger partial charge in [-0.2, -0.15) is 4.98 Å². The third-order valence-corrected chi connectivity index (χ3v) is 1.97. The van der Waals surface area contributed by atoms with Crippen LogP contribution >= 0.6 is 0 Å². The van der Waals surface area contributed by atoms with Crippen LogP contribution in [0.3, 0.4) is 0 Å². The lowest BCUT2D eigenvalue weighted by Gasteiger charge is -2.00. The Balaban J connectivity index is 2.41. The van der Waals surface area contributed by atoms with E-state index < -0.39 is 7.12 Å². The highest BCUT2D eigenvalue weighted by molar-refractivity contribution is 6.58. The van der Waals surface area contributed by atoms with Crippen LogP contribution in [0.4, 0.5) is 0 Å². The molecule has 0 radical (unpaired) electrons. The number of hydrogen-bond donors (Lipinski definition) is 2. The second-order valence-corrected chi connectivity index (χ2v) is 3.14. The molecule has 0 bridgehead atoms. The van der Waals surface area contributed by atoms with Gasteiger partial charge in [0.1, 0.15) is 0 Å². The Morgan fingerprint density at radius 2 is 2.13 bits per heavy atom. The van der Waals surface area contributed by atoms with Gasteiger partial charge >= 0.3 is 7.12 Å². The van der Waals surface area contributed by atoms with Crippen molar-refractivity contribution >= 4 is 12.6 Å². The van der Waals surface area contributed by atoms with Crippen molar-refractivity contribution in [1.29, 1.82) is 0 Å². The van der Waals surface area contributed by atoms with Gasteiger partial charge in [-0.15, -0.1) is 0 Å². The molecule has 0 saturated heterocycles. The molecule has 2 aromatic rings. The minimum absolute atomic E-state index is 0.398. The molecule has 76 valence electrons. The normalized spacial score (nSPS) is 10.3. The summed E-state index contributed by atoms with van der Waals surface area (Å²) in [6, 6.07) is 6.70. The highest BCUT2D eigenvalue weighted by Gasteiger charge is 2.13. The lowest BCUT2D eigenvalue weighted by molar-refractivity contribution is 0.394. The van der Waals surface area contributed by atoms with E-state index >= 15 is 0 Å². The zero-order valence-electron chi connectivity index (χ0n) is 8.08. The van der Waals surface area contributed by atoms with Gasteiger partial charge in [0.25, 0.3) is 0 Å². The molecule has 2 N–H and O–H groups in total. The summed E-state index contributed by atoms with van der Waals surface area (Å²) < 4.78 is 4.83. The van der Waals surface area contributed by atoms with Gasteiger partial charge in [0, 0.05) is 12.5 Å². The summed E-state index contributed by atoms with van der Waals surface area (Å²) >= 11 is 0. The minimum Gasteiger partial charge on any atom is -0.423 e. The number of nitrogens with zero attached hydrogens (tertiary/aromatic N) is 2. The summed E-state index contributed by atoms with van der Waals surface area (Å²) in [5, 5.41) is 21.7. The summed E-state index contributed by atoms with van der Waals surface area (Å²) in [4.78, 5) is 4.04. The molecule has 0 atom stereocenters. The molecule has 1 aromatic carbocycles. The maximum Gasteiger partial charge on any atom is 0.488 e. The Kier molecular flexibility index (Phi) is 2.53. The number of aryl methyl sites for hydroxylation is 1. The van der Waals surface area contributed by atoms with Crippen molar-refractivity contribution in [2.24, 2.45) is 0 Å². The van der Waals surface area contributed by atoms with Crippen LogP contribution in [0.5, 0.6) is 0 Å². The van der Waals surface area contributed by atoms with E-state index in [0.29, 0.717) is 22.7 Å². The molecule has 1 aromatic heterocycles. The van der Waals surface area contributed by atoms with Crippen molar-refractivity contribution in [2.45, 2.75) is 6.92 Å².